The van der Waals surface area contributed by atoms with Crippen LogP contribution in [0.15, 0.2) is 42.5 Å². The van der Waals surface area contributed by atoms with Crippen molar-refractivity contribution in [3.8, 4) is 5.75 Å². The van der Waals surface area contributed by atoms with Crippen LogP contribution in [0.5, 0.6) is 5.75 Å². The largest absolute Gasteiger partial charge is 0.494 e. The molecular weight excluding hydrogens is 260 g/mol. The molecule has 0 aliphatic rings. The summed E-state index contributed by atoms with van der Waals surface area (Å²) in [5.74, 6) is -0.296. The lowest BCUT2D eigenvalue weighted by Gasteiger charge is -2.09. The Morgan fingerprint density at radius 2 is 1.65 bits per heavy atom. The van der Waals surface area contributed by atoms with E-state index in [2.05, 4.69) is 5.32 Å². The first kappa shape index (κ1) is 14.3. The summed E-state index contributed by atoms with van der Waals surface area (Å²) < 4.78 is 32.4. The summed E-state index contributed by atoms with van der Waals surface area (Å²) in [5, 5.41) is 2.99. The van der Waals surface area contributed by atoms with Crippen LogP contribution < -0.4 is 10.1 Å². The van der Waals surface area contributed by atoms with E-state index in [1.807, 2.05) is 31.2 Å². The van der Waals surface area contributed by atoms with Crippen molar-refractivity contribution in [2.45, 2.75) is 19.9 Å². The Hall–Kier alpha value is -2.10. The first-order valence-corrected chi connectivity index (χ1v) is 6.60. The molecule has 0 saturated heterocycles. The zero-order valence-corrected chi connectivity index (χ0v) is 11.3. The smallest absolute Gasteiger partial charge is 0.131 e. The van der Waals surface area contributed by atoms with Gasteiger partial charge in [0.1, 0.15) is 17.4 Å². The van der Waals surface area contributed by atoms with Crippen LogP contribution in [0.1, 0.15) is 18.9 Å². The van der Waals surface area contributed by atoms with Gasteiger partial charge in [0.05, 0.1) is 6.61 Å². The second-order valence-corrected chi connectivity index (χ2v) is 4.43. The fourth-order valence-electron chi connectivity index (χ4n) is 1.78. The van der Waals surface area contributed by atoms with Crippen LogP contribution in [-0.2, 0) is 6.54 Å². The summed E-state index contributed by atoms with van der Waals surface area (Å²) in [4.78, 5) is 0. The molecule has 4 heteroatoms. The van der Waals surface area contributed by atoms with E-state index in [0.29, 0.717) is 6.61 Å². The highest BCUT2D eigenvalue weighted by atomic mass is 19.1. The molecule has 0 bridgehead atoms. The Kier molecular flexibility index (Phi) is 4.93. The Balaban J connectivity index is 1.97. The molecule has 1 N–H and O–H groups in total. The number of hydrogen-bond acceptors (Lipinski definition) is 2. The molecule has 2 rings (SSSR count). The van der Waals surface area contributed by atoms with E-state index < -0.39 is 11.6 Å². The first-order valence-electron chi connectivity index (χ1n) is 6.60. The number of hydrogen-bond donors (Lipinski definition) is 1. The van der Waals surface area contributed by atoms with Gasteiger partial charge in [-0.3, -0.25) is 0 Å². The van der Waals surface area contributed by atoms with Crippen molar-refractivity contribution in [1.82, 2.24) is 0 Å². The van der Waals surface area contributed by atoms with Crippen molar-refractivity contribution < 1.29 is 13.5 Å². The average molecular weight is 277 g/mol. The summed E-state index contributed by atoms with van der Waals surface area (Å²) in [6.45, 7) is 2.82. The van der Waals surface area contributed by atoms with E-state index in [1.54, 1.807) is 0 Å². The highest BCUT2D eigenvalue weighted by Crippen LogP contribution is 2.18. The van der Waals surface area contributed by atoms with Gasteiger partial charge in [0.25, 0.3) is 0 Å². The van der Waals surface area contributed by atoms with Crippen molar-refractivity contribution in [3.05, 3.63) is 59.7 Å². The monoisotopic (exact) mass is 277 g/mol. The van der Waals surface area contributed by atoms with Gasteiger partial charge in [-0.15, -0.1) is 0 Å². The van der Waals surface area contributed by atoms with Crippen molar-refractivity contribution in [1.29, 1.82) is 0 Å². The molecule has 0 unspecified atom stereocenters. The first-order chi connectivity index (χ1) is 9.70. The normalized spacial score (nSPS) is 10.3. The minimum absolute atomic E-state index is 0.0406. The molecule has 0 aliphatic carbocycles. The van der Waals surface area contributed by atoms with Crippen LogP contribution in [0.3, 0.4) is 0 Å². The maximum atomic E-state index is 13.5. The molecule has 2 aromatic carbocycles. The van der Waals surface area contributed by atoms with E-state index >= 15 is 0 Å². The maximum absolute atomic E-state index is 13.5. The number of anilines is 1. The molecule has 0 atom stereocenters. The summed E-state index contributed by atoms with van der Waals surface area (Å²) in [5.41, 5.74) is 0.829. The van der Waals surface area contributed by atoms with Crippen LogP contribution in [0.4, 0.5) is 14.5 Å². The van der Waals surface area contributed by atoms with E-state index in [4.69, 9.17) is 4.74 Å². The summed E-state index contributed by atoms with van der Waals surface area (Å²) in [7, 11) is 0. The molecule has 0 aromatic heterocycles. The van der Waals surface area contributed by atoms with Crippen LogP contribution in [-0.4, -0.2) is 6.61 Å². The van der Waals surface area contributed by atoms with E-state index in [9.17, 15) is 8.78 Å². The summed E-state index contributed by atoms with van der Waals surface area (Å²) in [6, 6.07) is 11.2. The lowest BCUT2D eigenvalue weighted by Crippen LogP contribution is -2.04. The fourth-order valence-corrected chi connectivity index (χ4v) is 1.78. The van der Waals surface area contributed by atoms with Gasteiger partial charge in [-0.1, -0.05) is 13.0 Å². The molecule has 0 aliphatic heterocycles. The molecule has 106 valence electrons. The summed E-state index contributed by atoms with van der Waals surface area (Å²) >= 11 is 0. The lowest BCUT2D eigenvalue weighted by atomic mass is 10.2. The van der Waals surface area contributed by atoms with Gasteiger partial charge in [0.15, 0.2) is 0 Å². The molecule has 0 spiro atoms. The zero-order valence-electron chi connectivity index (χ0n) is 11.3. The Morgan fingerprint density at radius 1 is 1.00 bits per heavy atom. The fraction of sp³-hybridized carbons (Fsp3) is 0.250. The third-order valence-corrected chi connectivity index (χ3v) is 2.86. The van der Waals surface area contributed by atoms with E-state index in [1.165, 1.54) is 18.2 Å². The SMILES string of the molecule is CCCOc1ccc(NCc2c(F)cccc2F)cc1. The number of ether oxygens (including phenoxy) is 1. The van der Waals surface area contributed by atoms with Crippen LogP contribution in [0.25, 0.3) is 0 Å². The number of rotatable bonds is 6. The third-order valence-electron chi connectivity index (χ3n) is 2.86. The van der Waals surface area contributed by atoms with Crippen LogP contribution >= 0.6 is 0 Å². The average Bonchev–Trinajstić information content (AvgIpc) is 2.46. The van der Waals surface area contributed by atoms with Crippen molar-refractivity contribution in [3.63, 3.8) is 0 Å². The predicted octanol–water partition coefficient (Wildman–Crippen LogP) is 4.37. The van der Waals surface area contributed by atoms with Gasteiger partial charge in [0, 0.05) is 17.8 Å². The molecule has 0 fully saturated rings. The lowest BCUT2D eigenvalue weighted by molar-refractivity contribution is 0.317. The maximum Gasteiger partial charge on any atom is 0.131 e. The molecule has 0 amide bonds. The van der Waals surface area contributed by atoms with Crippen molar-refractivity contribution in [2.24, 2.45) is 0 Å². The van der Waals surface area contributed by atoms with Gasteiger partial charge in [-0.25, -0.2) is 8.78 Å². The van der Waals surface area contributed by atoms with Crippen LogP contribution in [0.2, 0.25) is 0 Å². The predicted molar refractivity (Wildman–Crippen MR) is 75.9 cm³/mol. The summed E-state index contributed by atoms with van der Waals surface area (Å²) in [6.07, 6.45) is 0.951. The van der Waals surface area contributed by atoms with Gasteiger partial charge in [-0.2, -0.15) is 0 Å². The second-order valence-electron chi connectivity index (χ2n) is 4.43. The highest BCUT2D eigenvalue weighted by Gasteiger charge is 2.07. The molecular formula is C16H17F2NO. The minimum Gasteiger partial charge on any atom is -0.494 e. The van der Waals surface area contributed by atoms with E-state index in [0.717, 1.165) is 17.9 Å². The standard InChI is InChI=1S/C16H17F2NO/c1-2-10-20-13-8-6-12(7-9-13)19-11-14-15(17)4-3-5-16(14)18/h3-9,19H,2,10-11H2,1H3. The van der Waals surface area contributed by atoms with Gasteiger partial charge in [-0.05, 0) is 42.8 Å². The highest BCUT2D eigenvalue weighted by molar-refractivity contribution is 5.46. The van der Waals surface area contributed by atoms with Crippen molar-refractivity contribution in [2.75, 3.05) is 11.9 Å². The Morgan fingerprint density at radius 3 is 2.25 bits per heavy atom. The number of benzene rings is 2. The third kappa shape index (κ3) is 3.70. The van der Waals surface area contributed by atoms with E-state index in [-0.39, 0.29) is 12.1 Å². The Labute approximate surface area is 117 Å². The van der Waals surface area contributed by atoms with Crippen LogP contribution in [0, 0.1) is 11.6 Å². The van der Waals surface area contributed by atoms with Gasteiger partial charge in [0.2, 0.25) is 0 Å². The Bertz CT molecular complexity index is 535. The molecule has 20 heavy (non-hydrogen) atoms. The quantitative estimate of drug-likeness (QED) is 0.846. The van der Waals surface area contributed by atoms with Crippen molar-refractivity contribution >= 4 is 5.69 Å². The van der Waals surface area contributed by atoms with Gasteiger partial charge < -0.3 is 10.1 Å². The molecule has 0 saturated carbocycles. The number of halogens is 2. The molecule has 2 aromatic rings. The minimum atomic E-state index is -0.541. The molecule has 0 radical (unpaired) electrons. The van der Waals surface area contributed by atoms with Gasteiger partial charge >= 0.3 is 0 Å². The molecule has 0 heterocycles. The number of nitrogens with one attached hydrogen (secondary N) is 1. The molecule has 2 nitrogen and oxygen atoms in total. The topological polar surface area (TPSA) is 21.3 Å². The second kappa shape index (κ2) is 6.89. The zero-order chi connectivity index (χ0) is 14.4.